The van der Waals surface area contributed by atoms with Crippen LogP contribution in [0.5, 0.6) is 0 Å². The van der Waals surface area contributed by atoms with Gasteiger partial charge in [-0.1, -0.05) is 200 Å². The van der Waals surface area contributed by atoms with Gasteiger partial charge in [0.15, 0.2) is 5.58 Å². The maximum Gasteiger partial charge on any atom is 0.159 e. The molecule has 12 aromatic rings. The van der Waals surface area contributed by atoms with E-state index in [4.69, 9.17) is 4.42 Å². The van der Waals surface area contributed by atoms with E-state index in [2.05, 4.69) is 242 Å². The summed E-state index contributed by atoms with van der Waals surface area (Å²) in [5.74, 6) is 0. The number of allylic oxidation sites excluding steroid dienone is 4. The number of fused-ring (bicyclic) bond motifs is 7. The number of hydrogen-bond acceptors (Lipinski definition) is 3. The quantitative estimate of drug-likeness (QED) is 0.151. The molecule has 67 heavy (non-hydrogen) atoms. The summed E-state index contributed by atoms with van der Waals surface area (Å²) < 4.78 is 9.64. The highest BCUT2D eigenvalue weighted by Crippen LogP contribution is 2.51. The normalized spacial score (nSPS) is 12.8. The molecule has 0 unspecified atom stereocenters. The first-order valence-electron chi connectivity index (χ1n) is 23.1. The maximum atomic E-state index is 7.10. The van der Waals surface area contributed by atoms with Crippen LogP contribution >= 0.6 is 11.3 Å². The summed E-state index contributed by atoms with van der Waals surface area (Å²) in [5.41, 5.74) is 17.5. The Balaban J connectivity index is 1.06. The van der Waals surface area contributed by atoms with Gasteiger partial charge in [-0.2, -0.15) is 0 Å². The largest absolute Gasteiger partial charge is 0.454 e. The Hall–Kier alpha value is -8.24. The maximum absolute atomic E-state index is 7.10. The third-order valence-corrected chi connectivity index (χ3v) is 14.8. The molecule has 2 heterocycles. The molecule has 3 heteroatoms. The van der Waals surface area contributed by atoms with Crippen molar-refractivity contribution in [2.75, 3.05) is 4.90 Å². The topological polar surface area (TPSA) is 16.4 Å². The number of rotatable bonds is 8. The Labute approximate surface area is 393 Å². The van der Waals surface area contributed by atoms with Crippen LogP contribution in [0.2, 0.25) is 0 Å². The molecule has 10 aromatic carbocycles. The summed E-state index contributed by atoms with van der Waals surface area (Å²) in [6.45, 7) is 0. The van der Waals surface area contributed by atoms with Crippen molar-refractivity contribution >= 4 is 81.2 Å². The smallest absolute Gasteiger partial charge is 0.159 e. The van der Waals surface area contributed by atoms with Crippen LogP contribution in [0.3, 0.4) is 0 Å². The average Bonchev–Trinajstić information content (AvgIpc) is 3.99. The van der Waals surface area contributed by atoms with Crippen molar-refractivity contribution < 1.29 is 4.42 Å². The molecule has 0 saturated carbocycles. The predicted molar refractivity (Wildman–Crippen MR) is 286 cm³/mol. The van der Waals surface area contributed by atoms with Gasteiger partial charge in [0.2, 0.25) is 0 Å². The highest BCUT2D eigenvalue weighted by atomic mass is 32.1. The summed E-state index contributed by atoms with van der Waals surface area (Å²) in [5, 5.41) is 7.24. The Morgan fingerprint density at radius 3 is 1.72 bits per heavy atom. The highest BCUT2D eigenvalue weighted by Gasteiger charge is 2.27. The lowest BCUT2D eigenvalue weighted by atomic mass is 9.85. The highest BCUT2D eigenvalue weighted by molar-refractivity contribution is 7.26. The molecule has 0 bridgehead atoms. The van der Waals surface area contributed by atoms with Crippen LogP contribution in [0.15, 0.2) is 247 Å². The zero-order valence-corrected chi connectivity index (χ0v) is 37.5. The van der Waals surface area contributed by atoms with Gasteiger partial charge >= 0.3 is 0 Å². The van der Waals surface area contributed by atoms with Crippen molar-refractivity contribution in [2.45, 2.75) is 12.8 Å². The van der Waals surface area contributed by atoms with Gasteiger partial charge in [-0.25, -0.2) is 0 Å². The van der Waals surface area contributed by atoms with E-state index in [1.165, 1.54) is 86.7 Å². The lowest BCUT2D eigenvalue weighted by Gasteiger charge is -2.31. The van der Waals surface area contributed by atoms with Crippen LogP contribution < -0.4 is 4.90 Å². The van der Waals surface area contributed by atoms with Gasteiger partial charge in [0.25, 0.3) is 0 Å². The molecule has 0 spiro atoms. The van der Waals surface area contributed by atoms with E-state index in [0.29, 0.717) is 0 Å². The van der Waals surface area contributed by atoms with Crippen molar-refractivity contribution in [3.05, 3.63) is 248 Å². The summed E-state index contributed by atoms with van der Waals surface area (Å²) in [6, 6.07) is 81.4. The Morgan fingerprint density at radius 2 is 1.01 bits per heavy atom. The van der Waals surface area contributed by atoms with Gasteiger partial charge in [-0.15, -0.1) is 11.3 Å². The fourth-order valence-electron chi connectivity index (χ4n) is 10.4. The third-order valence-electron chi connectivity index (χ3n) is 13.6. The van der Waals surface area contributed by atoms with E-state index in [-0.39, 0.29) is 0 Å². The lowest BCUT2D eigenvalue weighted by molar-refractivity contribution is 0.668. The van der Waals surface area contributed by atoms with Crippen LogP contribution in [-0.4, -0.2) is 0 Å². The first-order chi connectivity index (χ1) is 33.2. The molecule has 1 aliphatic carbocycles. The van der Waals surface area contributed by atoms with Crippen molar-refractivity contribution in [3.8, 4) is 44.5 Å². The first-order valence-corrected chi connectivity index (χ1v) is 23.9. The van der Waals surface area contributed by atoms with Crippen LogP contribution in [0.4, 0.5) is 11.4 Å². The summed E-state index contributed by atoms with van der Waals surface area (Å²) in [7, 11) is 0. The molecule has 0 N–H and O–H groups in total. The molecule has 0 fully saturated rings. The molecular formula is C64H43NOS. The average molecular weight is 874 g/mol. The fourth-order valence-corrected chi connectivity index (χ4v) is 11.7. The first kappa shape index (κ1) is 39.2. The van der Waals surface area contributed by atoms with E-state index in [0.717, 1.165) is 51.7 Å². The van der Waals surface area contributed by atoms with Crippen molar-refractivity contribution in [1.29, 1.82) is 0 Å². The second-order valence-corrected chi connectivity index (χ2v) is 18.5. The third kappa shape index (κ3) is 6.78. The Morgan fingerprint density at radius 1 is 0.403 bits per heavy atom. The molecule has 0 radical (unpaired) electrons. The van der Waals surface area contributed by atoms with Crippen LogP contribution in [0.25, 0.3) is 103 Å². The van der Waals surface area contributed by atoms with Gasteiger partial charge < -0.3 is 9.32 Å². The Kier molecular flexibility index (Phi) is 9.54. The van der Waals surface area contributed by atoms with E-state index < -0.39 is 0 Å². The van der Waals surface area contributed by atoms with Crippen LogP contribution in [0, 0.1) is 0 Å². The second kappa shape index (κ2) is 16.3. The van der Waals surface area contributed by atoms with Crippen LogP contribution in [0.1, 0.15) is 18.4 Å². The molecule has 316 valence electrons. The minimum atomic E-state index is 0.834. The zero-order chi connectivity index (χ0) is 44.3. The van der Waals surface area contributed by atoms with Crippen LogP contribution in [-0.2, 0) is 0 Å². The standard InChI is InChI=1S/C64H43NOS/c1-5-16-42(17-6-1)48-31-36-54-55-26-15-27-58(63(55)66-59(54)40-48)65(50-33-28-47(29-34-50)61-51-25-14-13-24-46(51)30-35-52(61)44-20-9-3-10-21-44)57-39-38-53(45-22-11-4-12-23-45)64-62(57)56-37-32-49(41-60(56)67-64)43-18-7-2-8-19-43/h1-28,30-33,35-41H,29,34H2. The minimum Gasteiger partial charge on any atom is -0.454 e. The molecule has 0 aliphatic heterocycles. The molecule has 2 aromatic heterocycles. The molecular weight excluding hydrogens is 831 g/mol. The summed E-state index contributed by atoms with van der Waals surface area (Å²) in [4.78, 5) is 2.52. The molecule has 1 aliphatic rings. The Bertz CT molecular complexity index is 3900. The zero-order valence-electron chi connectivity index (χ0n) is 36.7. The SMILES string of the molecule is C1=C(c2c(-c3ccccc3)ccc3ccccc23)CCC(N(c2cccc3c2oc2cc(-c4ccccc4)ccc23)c2ccc(-c3ccccc3)c3sc4cc(-c5ccccc5)ccc4c23)=C1. The molecule has 13 rings (SSSR count). The van der Waals surface area contributed by atoms with E-state index in [1.54, 1.807) is 0 Å². The summed E-state index contributed by atoms with van der Waals surface area (Å²) in [6.07, 6.45) is 6.48. The molecule has 0 saturated heterocycles. The van der Waals surface area contributed by atoms with Crippen molar-refractivity contribution in [3.63, 3.8) is 0 Å². The van der Waals surface area contributed by atoms with E-state index in [1.807, 2.05) is 11.3 Å². The van der Waals surface area contributed by atoms with Crippen molar-refractivity contribution in [2.24, 2.45) is 0 Å². The van der Waals surface area contributed by atoms with E-state index in [9.17, 15) is 0 Å². The monoisotopic (exact) mass is 873 g/mol. The van der Waals surface area contributed by atoms with Gasteiger partial charge in [-0.3, -0.25) is 0 Å². The molecule has 2 nitrogen and oxygen atoms in total. The predicted octanol–water partition coefficient (Wildman–Crippen LogP) is 18.7. The van der Waals surface area contributed by atoms with Gasteiger partial charge in [0.1, 0.15) is 5.58 Å². The molecule has 0 atom stereocenters. The minimum absolute atomic E-state index is 0.834. The van der Waals surface area contributed by atoms with E-state index >= 15 is 0 Å². The number of thiophene rings is 1. The second-order valence-electron chi connectivity index (χ2n) is 17.5. The number of anilines is 2. The van der Waals surface area contributed by atoms with Gasteiger partial charge in [0.05, 0.1) is 11.4 Å². The van der Waals surface area contributed by atoms with Gasteiger partial charge in [-0.05, 0) is 116 Å². The van der Waals surface area contributed by atoms with Gasteiger partial charge in [0, 0.05) is 36.6 Å². The number of benzene rings is 10. The number of furan rings is 1. The fraction of sp³-hybridized carbons (Fsp3) is 0.0312. The lowest BCUT2D eigenvalue weighted by Crippen LogP contribution is -2.18. The summed E-state index contributed by atoms with van der Waals surface area (Å²) >= 11 is 1.89. The van der Waals surface area contributed by atoms with Crippen molar-refractivity contribution in [1.82, 2.24) is 0 Å². The molecule has 0 amide bonds. The number of hydrogen-bond donors (Lipinski definition) is 0. The number of para-hydroxylation sites is 1. The number of nitrogens with zero attached hydrogens (tertiary/aromatic N) is 1.